The molecule has 1 aliphatic rings. The minimum atomic E-state index is 0.207. The average molecular weight is 361 g/mol. The lowest BCUT2D eigenvalue weighted by molar-refractivity contribution is -0.364. The predicted molar refractivity (Wildman–Crippen MR) is 89.6 cm³/mol. The second-order valence-electron chi connectivity index (χ2n) is 5.42. The van der Waals surface area contributed by atoms with Crippen LogP contribution in [-0.4, -0.2) is 37.0 Å². The molecule has 1 aromatic carbocycles. The van der Waals surface area contributed by atoms with E-state index >= 15 is 0 Å². The molecule has 0 spiro atoms. The standard InChI is InChI=1S/C17H18BrN3O/c18-15-6-4-14(5-7-15)13-17(22)21-11-9-20(10-12-21)16-3-1-2-8-19-16/h1-8H,9-13H2/p+1. The van der Waals surface area contributed by atoms with E-state index in [0.717, 1.165) is 42.0 Å². The van der Waals surface area contributed by atoms with Crippen LogP contribution in [-0.2, 0) is 11.2 Å². The summed E-state index contributed by atoms with van der Waals surface area (Å²) in [5.74, 6) is 1.32. The van der Waals surface area contributed by atoms with Crippen molar-refractivity contribution in [2.75, 3.05) is 31.1 Å². The normalized spacial score (nSPS) is 15.0. The number of aromatic nitrogens is 1. The molecule has 1 aliphatic heterocycles. The first-order valence-electron chi connectivity index (χ1n) is 7.46. The largest absolute Gasteiger partial charge is 0.335 e. The summed E-state index contributed by atoms with van der Waals surface area (Å²) < 4.78 is 1.04. The third-order valence-electron chi connectivity index (χ3n) is 3.93. The summed E-state index contributed by atoms with van der Waals surface area (Å²) in [6, 6.07) is 14.0. The van der Waals surface area contributed by atoms with Gasteiger partial charge in [-0.15, -0.1) is 0 Å². The Bertz CT molecular complexity index is 622. The van der Waals surface area contributed by atoms with Gasteiger partial charge in [-0.1, -0.05) is 34.1 Å². The third-order valence-corrected chi connectivity index (χ3v) is 4.46. The van der Waals surface area contributed by atoms with Crippen LogP contribution in [0, 0.1) is 0 Å². The van der Waals surface area contributed by atoms with Crippen molar-refractivity contribution in [2.24, 2.45) is 0 Å². The molecule has 3 rings (SSSR count). The Morgan fingerprint density at radius 1 is 1.05 bits per heavy atom. The zero-order valence-electron chi connectivity index (χ0n) is 12.3. The van der Waals surface area contributed by atoms with E-state index < -0.39 is 0 Å². The number of hydrogen-bond acceptors (Lipinski definition) is 2. The number of nitrogens with one attached hydrogen (secondary N) is 1. The van der Waals surface area contributed by atoms with Crippen molar-refractivity contribution >= 4 is 27.7 Å². The molecular weight excluding hydrogens is 342 g/mol. The maximum atomic E-state index is 12.4. The average Bonchev–Trinajstić information content (AvgIpc) is 2.58. The van der Waals surface area contributed by atoms with Crippen molar-refractivity contribution in [2.45, 2.75) is 6.42 Å². The third kappa shape index (κ3) is 3.65. The van der Waals surface area contributed by atoms with E-state index in [4.69, 9.17) is 0 Å². The number of H-pyrrole nitrogens is 1. The number of nitrogens with zero attached hydrogens (tertiary/aromatic N) is 2. The number of carbonyl (C=O) groups excluding carboxylic acids is 1. The van der Waals surface area contributed by atoms with Crippen LogP contribution in [0.1, 0.15) is 5.56 Å². The molecule has 1 fully saturated rings. The Kier molecular flexibility index (Phi) is 4.73. The van der Waals surface area contributed by atoms with Crippen LogP contribution in [0.4, 0.5) is 5.82 Å². The van der Waals surface area contributed by atoms with Gasteiger partial charge in [-0.2, -0.15) is 0 Å². The van der Waals surface area contributed by atoms with Gasteiger partial charge in [0, 0.05) is 10.5 Å². The molecule has 2 aromatic rings. The summed E-state index contributed by atoms with van der Waals surface area (Å²) in [5.41, 5.74) is 1.06. The summed E-state index contributed by atoms with van der Waals surface area (Å²) in [4.78, 5) is 19.9. The van der Waals surface area contributed by atoms with Gasteiger partial charge in [-0.3, -0.25) is 9.69 Å². The minimum Gasteiger partial charge on any atom is -0.335 e. The van der Waals surface area contributed by atoms with Gasteiger partial charge in [0.2, 0.25) is 5.91 Å². The van der Waals surface area contributed by atoms with Crippen molar-refractivity contribution in [3.63, 3.8) is 0 Å². The summed E-state index contributed by atoms with van der Waals surface area (Å²) in [5, 5.41) is 0. The van der Waals surface area contributed by atoms with E-state index in [1.54, 1.807) is 0 Å². The van der Waals surface area contributed by atoms with E-state index in [1.165, 1.54) is 0 Å². The van der Waals surface area contributed by atoms with Gasteiger partial charge < -0.3 is 4.90 Å². The van der Waals surface area contributed by atoms with Crippen molar-refractivity contribution in [3.8, 4) is 0 Å². The van der Waals surface area contributed by atoms with Gasteiger partial charge in [0.1, 0.15) is 13.1 Å². The van der Waals surface area contributed by atoms with E-state index in [0.29, 0.717) is 6.42 Å². The zero-order valence-corrected chi connectivity index (χ0v) is 13.9. The van der Waals surface area contributed by atoms with E-state index in [2.05, 4.69) is 31.9 Å². The molecule has 1 saturated heterocycles. The van der Waals surface area contributed by atoms with Crippen molar-refractivity contribution in [1.82, 2.24) is 4.90 Å². The van der Waals surface area contributed by atoms with Gasteiger partial charge in [-0.05, 0) is 23.8 Å². The fourth-order valence-electron chi connectivity index (χ4n) is 2.67. The summed E-state index contributed by atoms with van der Waals surface area (Å²) in [7, 11) is 0. The van der Waals surface area contributed by atoms with Crippen LogP contribution in [0.15, 0.2) is 53.1 Å². The van der Waals surface area contributed by atoms with Crippen LogP contribution in [0.25, 0.3) is 0 Å². The predicted octanol–water partition coefficient (Wildman–Crippen LogP) is 2.15. The lowest BCUT2D eigenvalue weighted by atomic mass is 10.1. The molecule has 0 bridgehead atoms. The quantitative estimate of drug-likeness (QED) is 0.840. The topological polar surface area (TPSA) is 37.7 Å². The van der Waals surface area contributed by atoms with Gasteiger partial charge in [-0.25, -0.2) is 4.98 Å². The maximum absolute atomic E-state index is 12.4. The fourth-order valence-corrected chi connectivity index (χ4v) is 2.93. The monoisotopic (exact) mass is 360 g/mol. The number of anilines is 1. The number of benzene rings is 1. The first kappa shape index (κ1) is 15.0. The van der Waals surface area contributed by atoms with E-state index in [9.17, 15) is 4.79 Å². The Balaban J connectivity index is 1.54. The number of aromatic amines is 1. The Labute approximate surface area is 138 Å². The molecule has 0 unspecified atom stereocenters. The summed E-state index contributed by atoms with van der Waals surface area (Å²) in [6.07, 6.45) is 2.41. The minimum absolute atomic E-state index is 0.207. The molecule has 0 atom stereocenters. The molecule has 5 heteroatoms. The second kappa shape index (κ2) is 6.92. The van der Waals surface area contributed by atoms with Crippen LogP contribution in [0.5, 0.6) is 0 Å². The highest BCUT2D eigenvalue weighted by Gasteiger charge is 2.25. The van der Waals surface area contributed by atoms with Gasteiger partial charge in [0.25, 0.3) is 5.82 Å². The number of piperazine rings is 1. The van der Waals surface area contributed by atoms with E-state index in [1.807, 2.05) is 47.5 Å². The van der Waals surface area contributed by atoms with E-state index in [-0.39, 0.29) is 5.91 Å². The fraction of sp³-hybridized carbons (Fsp3) is 0.294. The number of rotatable bonds is 3. The number of amides is 1. The first-order chi connectivity index (χ1) is 10.7. The molecule has 0 radical (unpaired) electrons. The van der Waals surface area contributed by atoms with Gasteiger partial charge in [0.05, 0.1) is 25.7 Å². The molecular formula is C17H19BrN3O+. The lowest BCUT2D eigenvalue weighted by Crippen LogP contribution is -2.50. The van der Waals surface area contributed by atoms with Crippen molar-refractivity contribution in [3.05, 3.63) is 58.7 Å². The molecule has 1 N–H and O–H groups in total. The van der Waals surface area contributed by atoms with Crippen LogP contribution >= 0.6 is 15.9 Å². The van der Waals surface area contributed by atoms with Crippen molar-refractivity contribution in [1.29, 1.82) is 0 Å². The van der Waals surface area contributed by atoms with Gasteiger partial charge >= 0.3 is 0 Å². The maximum Gasteiger partial charge on any atom is 0.274 e. The number of carbonyl (C=O) groups is 1. The van der Waals surface area contributed by atoms with Crippen LogP contribution < -0.4 is 9.88 Å². The van der Waals surface area contributed by atoms with Crippen molar-refractivity contribution < 1.29 is 9.78 Å². The first-order valence-corrected chi connectivity index (χ1v) is 8.25. The molecule has 1 amide bonds. The second-order valence-corrected chi connectivity index (χ2v) is 6.33. The smallest absolute Gasteiger partial charge is 0.274 e. The highest BCUT2D eigenvalue weighted by Crippen LogP contribution is 2.14. The zero-order chi connectivity index (χ0) is 15.4. The molecule has 0 saturated carbocycles. The Morgan fingerprint density at radius 2 is 1.77 bits per heavy atom. The highest BCUT2D eigenvalue weighted by atomic mass is 79.9. The van der Waals surface area contributed by atoms with Crippen LogP contribution in [0.2, 0.25) is 0 Å². The summed E-state index contributed by atoms with van der Waals surface area (Å²) >= 11 is 3.41. The summed E-state index contributed by atoms with van der Waals surface area (Å²) in [6.45, 7) is 3.29. The molecule has 2 heterocycles. The highest BCUT2D eigenvalue weighted by molar-refractivity contribution is 9.10. The molecule has 4 nitrogen and oxygen atoms in total. The number of hydrogen-bond donors (Lipinski definition) is 0. The molecule has 0 aliphatic carbocycles. The lowest BCUT2D eigenvalue weighted by Gasteiger charge is -2.31. The Morgan fingerprint density at radius 3 is 2.41 bits per heavy atom. The molecule has 114 valence electrons. The molecule has 22 heavy (non-hydrogen) atoms. The molecule has 1 aromatic heterocycles. The number of halogens is 1. The number of pyridine rings is 1. The van der Waals surface area contributed by atoms with Gasteiger partial charge in [0.15, 0.2) is 0 Å². The Hall–Kier alpha value is -1.88. The SMILES string of the molecule is O=C(Cc1ccc(Br)cc1)N1CCN(c2cccc[nH+]2)CC1. The van der Waals surface area contributed by atoms with Crippen LogP contribution in [0.3, 0.4) is 0 Å².